The van der Waals surface area contributed by atoms with Gasteiger partial charge >= 0.3 is 0 Å². The van der Waals surface area contributed by atoms with Crippen LogP contribution < -0.4 is 0 Å². The first kappa shape index (κ1) is 12.2. The Bertz CT molecular complexity index is 395. The molecule has 0 amide bonds. The zero-order chi connectivity index (χ0) is 11.9. The molecule has 2 rings (SSSR count). The van der Waals surface area contributed by atoms with Crippen LogP contribution in [0.15, 0.2) is 60.9 Å². The van der Waals surface area contributed by atoms with E-state index in [9.17, 15) is 0 Å². The Morgan fingerprint density at radius 2 is 1.47 bits per heavy atom. The second-order valence-electron chi connectivity index (χ2n) is 3.97. The molecule has 0 N–H and O–H groups in total. The quantitative estimate of drug-likeness (QED) is 0.516. The molecule has 2 aromatic heterocycles. The van der Waals surface area contributed by atoms with E-state index in [1.165, 1.54) is 19.3 Å². The highest BCUT2D eigenvalue weighted by molar-refractivity contribution is 7.57. The van der Waals surface area contributed by atoms with Crippen LogP contribution in [0.5, 0.6) is 0 Å². The summed E-state index contributed by atoms with van der Waals surface area (Å²) >= 11 is 0. The van der Waals surface area contributed by atoms with Crippen LogP contribution in [0.4, 0.5) is 0 Å². The van der Waals surface area contributed by atoms with E-state index < -0.39 is 8.22 Å². The zero-order valence-corrected chi connectivity index (χ0v) is 11.1. The van der Waals surface area contributed by atoms with Crippen LogP contribution in [0.2, 0.25) is 0 Å². The second-order valence-corrected chi connectivity index (χ2v) is 5.84. The minimum absolute atomic E-state index is 0.441. The lowest BCUT2D eigenvalue weighted by atomic mass is 10.2. The van der Waals surface area contributed by atoms with Crippen molar-refractivity contribution in [2.24, 2.45) is 0 Å². The molecule has 0 radical (unpaired) electrons. The number of hydrogen-bond donors (Lipinski definition) is 0. The summed E-state index contributed by atoms with van der Waals surface area (Å²) in [6, 6.07) is 8.33. The summed E-state index contributed by atoms with van der Waals surface area (Å²) in [6.07, 6.45) is 14.6. The third-order valence-electron chi connectivity index (χ3n) is 2.61. The summed E-state index contributed by atoms with van der Waals surface area (Å²) in [4.78, 5) is 0. The summed E-state index contributed by atoms with van der Waals surface area (Å²) in [7, 11) is -0.441. The smallest absolute Gasteiger partial charge is 0.128 e. The molecule has 0 aliphatic carbocycles. The molecule has 3 heteroatoms. The van der Waals surface area contributed by atoms with Gasteiger partial charge in [-0.15, -0.1) is 0 Å². The highest BCUT2D eigenvalue weighted by atomic mass is 31.1. The molecule has 0 spiro atoms. The fraction of sp³-hybridized carbons (Fsp3) is 0.286. The number of nitrogens with zero attached hydrogens (tertiary/aromatic N) is 2. The molecule has 0 aliphatic rings. The lowest BCUT2D eigenvalue weighted by Gasteiger charge is -2.16. The van der Waals surface area contributed by atoms with Crippen molar-refractivity contribution in [3.63, 3.8) is 0 Å². The number of allylic oxidation sites excluding steroid dienone is 1. The van der Waals surface area contributed by atoms with Crippen LogP contribution in [0.1, 0.15) is 26.2 Å². The molecular formula is C14H19N2P. The van der Waals surface area contributed by atoms with Gasteiger partial charge in [-0.05, 0) is 36.5 Å². The van der Waals surface area contributed by atoms with Gasteiger partial charge in [0.2, 0.25) is 0 Å². The summed E-state index contributed by atoms with van der Waals surface area (Å²) in [5, 5.41) is 0. The normalized spacial score (nSPS) is 11.6. The Hall–Kier alpha value is -1.27. The van der Waals surface area contributed by atoms with Crippen molar-refractivity contribution in [3.8, 4) is 0 Å². The minimum atomic E-state index is -0.441. The van der Waals surface area contributed by atoms with Crippen molar-refractivity contribution in [2.45, 2.75) is 26.2 Å². The van der Waals surface area contributed by atoms with Crippen LogP contribution in [0.25, 0.3) is 0 Å². The van der Waals surface area contributed by atoms with Crippen molar-refractivity contribution in [1.82, 2.24) is 8.68 Å². The van der Waals surface area contributed by atoms with Crippen LogP contribution in [-0.2, 0) is 0 Å². The van der Waals surface area contributed by atoms with Crippen molar-refractivity contribution in [3.05, 3.63) is 60.9 Å². The third-order valence-corrected chi connectivity index (χ3v) is 4.57. The lowest BCUT2D eigenvalue weighted by molar-refractivity contribution is 0.815. The van der Waals surface area contributed by atoms with Gasteiger partial charge in [-0.1, -0.05) is 25.8 Å². The van der Waals surface area contributed by atoms with E-state index in [2.05, 4.69) is 76.5 Å². The minimum Gasteiger partial charge on any atom is -0.313 e. The lowest BCUT2D eigenvalue weighted by Crippen LogP contribution is -1.94. The predicted octanol–water partition coefficient (Wildman–Crippen LogP) is 4.70. The van der Waals surface area contributed by atoms with E-state index >= 15 is 0 Å². The van der Waals surface area contributed by atoms with Crippen molar-refractivity contribution in [2.75, 3.05) is 0 Å². The maximum absolute atomic E-state index is 2.34. The van der Waals surface area contributed by atoms with Crippen molar-refractivity contribution < 1.29 is 0 Å². The number of hydrogen-bond acceptors (Lipinski definition) is 0. The van der Waals surface area contributed by atoms with E-state index in [-0.39, 0.29) is 0 Å². The van der Waals surface area contributed by atoms with Crippen LogP contribution in [0, 0.1) is 0 Å². The molecule has 0 saturated heterocycles. The molecule has 0 bridgehead atoms. The Morgan fingerprint density at radius 3 is 1.94 bits per heavy atom. The van der Waals surface area contributed by atoms with Gasteiger partial charge in [0.1, 0.15) is 8.22 Å². The molecule has 2 nitrogen and oxygen atoms in total. The van der Waals surface area contributed by atoms with Crippen molar-refractivity contribution in [1.29, 1.82) is 0 Å². The molecular weight excluding hydrogens is 227 g/mol. The standard InChI is InChI=1S/C14H19N2P/c1-2-3-4-9-14-17(15-10-5-6-11-15)16-12-7-8-13-16/h5-14H,2-4H2,1H3. The highest BCUT2D eigenvalue weighted by Crippen LogP contribution is 2.40. The first-order valence-corrected chi connectivity index (χ1v) is 7.46. The first-order valence-electron chi connectivity index (χ1n) is 6.14. The molecule has 2 aromatic rings. The summed E-state index contributed by atoms with van der Waals surface area (Å²) in [5.41, 5.74) is 0. The van der Waals surface area contributed by atoms with Gasteiger partial charge in [-0.3, -0.25) is 0 Å². The molecule has 2 heterocycles. The largest absolute Gasteiger partial charge is 0.313 e. The van der Waals surface area contributed by atoms with Crippen LogP contribution in [0.3, 0.4) is 0 Å². The molecule has 0 aromatic carbocycles. The first-order chi connectivity index (χ1) is 8.42. The topological polar surface area (TPSA) is 9.86 Å². The fourth-order valence-corrected chi connectivity index (χ4v) is 3.43. The molecule has 0 unspecified atom stereocenters. The zero-order valence-electron chi connectivity index (χ0n) is 10.2. The van der Waals surface area contributed by atoms with Gasteiger partial charge in [-0.25, -0.2) is 0 Å². The van der Waals surface area contributed by atoms with Gasteiger partial charge in [-0.2, -0.15) is 0 Å². The number of aromatic nitrogens is 2. The maximum Gasteiger partial charge on any atom is 0.128 e. The molecule has 17 heavy (non-hydrogen) atoms. The molecule has 0 aliphatic heterocycles. The van der Waals surface area contributed by atoms with E-state index in [1.807, 2.05) is 0 Å². The Balaban J connectivity index is 2.11. The second kappa shape index (κ2) is 6.46. The predicted molar refractivity (Wildman–Crippen MR) is 75.2 cm³/mol. The van der Waals surface area contributed by atoms with E-state index in [0.717, 1.165) is 0 Å². The van der Waals surface area contributed by atoms with Gasteiger partial charge < -0.3 is 8.68 Å². The van der Waals surface area contributed by atoms with Gasteiger partial charge in [0.15, 0.2) is 0 Å². The molecule has 0 fully saturated rings. The van der Waals surface area contributed by atoms with Crippen molar-refractivity contribution >= 4 is 8.22 Å². The van der Waals surface area contributed by atoms with Gasteiger partial charge in [0.05, 0.1) is 0 Å². The van der Waals surface area contributed by atoms with Crippen LogP contribution >= 0.6 is 8.22 Å². The average molecular weight is 246 g/mol. The fourth-order valence-electron chi connectivity index (χ4n) is 1.69. The van der Waals surface area contributed by atoms with Gasteiger partial charge in [0, 0.05) is 24.8 Å². The van der Waals surface area contributed by atoms with Crippen LogP contribution in [-0.4, -0.2) is 8.68 Å². The average Bonchev–Trinajstić information content (AvgIpc) is 3.02. The monoisotopic (exact) mass is 246 g/mol. The Kier molecular flexibility index (Phi) is 4.63. The molecule has 0 saturated carbocycles. The summed E-state index contributed by atoms with van der Waals surface area (Å²) in [6.45, 7) is 2.23. The van der Waals surface area contributed by atoms with E-state index in [0.29, 0.717) is 0 Å². The summed E-state index contributed by atoms with van der Waals surface area (Å²) in [5.74, 6) is 2.34. The Morgan fingerprint density at radius 1 is 0.941 bits per heavy atom. The van der Waals surface area contributed by atoms with E-state index in [4.69, 9.17) is 0 Å². The molecule has 90 valence electrons. The Labute approximate surface area is 104 Å². The third kappa shape index (κ3) is 3.34. The highest BCUT2D eigenvalue weighted by Gasteiger charge is 2.06. The summed E-state index contributed by atoms with van der Waals surface area (Å²) < 4.78 is 4.55. The number of unbranched alkanes of at least 4 members (excludes halogenated alkanes) is 2. The van der Waals surface area contributed by atoms with E-state index in [1.54, 1.807) is 0 Å². The van der Waals surface area contributed by atoms with Gasteiger partial charge in [0.25, 0.3) is 0 Å². The number of rotatable bonds is 6. The molecule has 0 atom stereocenters. The SMILES string of the molecule is CCCCC=CP(n1cccc1)n1cccc1. The maximum atomic E-state index is 2.34.